The van der Waals surface area contributed by atoms with E-state index in [0.29, 0.717) is 26.9 Å². The van der Waals surface area contributed by atoms with Gasteiger partial charge in [-0.05, 0) is 35.9 Å². The number of imidazole rings is 1. The smallest absolute Gasteiger partial charge is 0.271 e. The van der Waals surface area contributed by atoms with Gasteiger partial charge in [0.05, 0.1) is 34.4 Å². The van der Waals surface area contributed by atoms with Crippen molar-refractivity contribution >= 4 is 46.4 Å². The quantitative estimate of drug-likeness (QED) is 0.327. The van der Waals surface area contributed by atoms with Crippen LogP contribution < -0.4 is 10.2 Å². The molecule has 30 heavy (non-hydrogen) atoms. The number of hydrogen-bond acceptors (Lipinski definition) is 4. The van der Waals surface area contributed by atoms with Crippen LogP contribution in [0, 0.1) is 0 Å². The second kappa shape index (κ2) is 8.57. The maximum Gasteiger partial charge on any atom is 0.271 e. The minimum Gasteiger partial charge on any atom is -0.494 e. The fraction of sp³-hybridized carbons (Fsp3) is 0.0455. The summed E-state index contributed by atoms with van der Waals surface area (Å²) in [6.45, 7) is 0. The average molecular weight is 439 g/mol. The van der Waals surface area contributed by atoms with Gasteiger partial charge in [0.1, 0.15) is 5.82 Å². The predicted molar refractivity (Wildman–Crippen MR) is 120 cm³/mol. The SMILES string of the molecule is COc1c(Cl)cc(/C=N/NC(=O)c2ccc3nc(-c4ccccc4)[nH]c3c2)cc1Cl. The van der Waals surface area contributed by atoms with Crippen molar-refractivity contribution in [1.29, 1.82) is 0 Å². The predicted octanol–water partition coefficient (Wildman–Crippen LogP) is 5.31. The van der Waals surface area contributed by atoms with Gasteiger partial charge in [0.15, 0.2) is 5.75 Å². The summed E-state index contributed by atoms with van der Waals surface area (Å²) in [6.07, 6.45) is 1.46. The van der Waals surface area contributed by atoms with Gasteiger partial charge in [-0.15, -0.1) is 0 Å². The van der Waals surface area contributed by atoms with E-state index in [-0.39, 0.29) is 5.91 Å². The average Bonchev–Trinajstić information content (AvgIpc) is 3.17. The molecule has 0 unspecified atom stereocenters. The fourth-order valence-corrected chi connectivity index (χ4v) is 3.62. The number of aromatic nitrogens is 2. The number of nitrogens with zero attached hydrogens (tertiary/aromatic N) is 2. The van der Waals surface area contributed by atoms with E-state index in [4.69, 9.17) is 27.9 Å². The van der Waals surface area contributed by atoms with Crippen LogP contribution in [0.25, 0.3) is 22.4 Å². The summed E-state index contributed by atoms with van der Waals surface area (Å²) >= 11 is 12.2. The number of carbonyl (C=O) groups is 1. The summed E-state index contributed by atoms with van der Waals surface area (Å²) in [6, 6.07) is 18.3. The van der Waals surface area contributed by atoms with E-state index in [9.17, 15) is 4.79 Å². The monoisotopic (exact) mass is 438 g/mol. The molecule has 4 rings (SSSR count). The molecule has 3 aromatic carbocycles. The van der Waals surface area contributed by atoms with Gasteiger partial charge in [0, 0.05) is 11.1 Å². The van der Waals surface area contributed by atoms with Crippen LogP contribution in [0.5, 0.6) is 5.75 Å². The summed E-state index contributed by atoms with van der Waals surface area (Å²) in [4.78, 5) is 20.3. The number of nitrogens with one attached hydrogen (secondary N) is 2. The maximum absolute atomic E-state index is 12.5. The fourth-order valence-electron chi connectivity index (χ4n) is 2.96. The van der Waals surface area contributed by atoms with Crippen LogP contribution in [0.4, 0.5) is 0 Å². The molecule has 0 saturated carbocycles. The normalized spacial score (nSPS) is 11.2. The van der Waals surface area contributed by atoms with Gasteiger partial charge in [-0.3, -0.25) is 4.79 Å². The number of carbonyl (C=O) groups excluding carboxylic acids is 1. The molecule has 0 fully saturated rings. The lowest BCUT2D eigenvalue weighted by Gasteiger charge is -2.06. The first-order chi connectivity index (χ1) is 14.5. The number of halogens is 2. The van der Waals surface area contributed by atoms with Crippen molar-refractivity contribution in [3.8, 4) is 17.1 Å². The van der Waals surface area contributed by atoms with Crippen LogP contribution in [0.3, 0.4) is 0 Å². The first-order valence-electron chi connectivity index (χ1n) is 8.97. The molecule has 0 bridgehead atoms. The van der Waals surface area contributed by atoms with Crippen LogP contribution in [0.15, 0.2) is 65.8 Å². The Kier molecular flexibility index (Phi) is 5.70. The van der Waals surface area contributed by atoms with Gasteiger partial charge in [-0.25, -0.2) is 10.4 Å². The number of rotatable bonds is 5. The van der Waals surface area contributed by atoms with Crippen LogP contribution >= 0.6 is 23.2 Å². The van der Waals surface area contributed by atoms with E-state index in [1.165, 1.54) is 13.3 Å². The molecule has 150 valence electrons. The molecule has 0 spiro atoms. The molecule has 0 radical (unpaired) electrons. The molecule has 6 nitrogen and oxygen atoms in total. The molecule has 8 heteroatoms. The van der Waals surface area contributed by atoms with E-state index in [1.807, 2.05) is 30.3 Å². The first kappa shape index (κ1) is 19.9. The van der Waals surface area contributed by atoms with Crippen LogP contribution in [0.1, 0.15) is 15.9 Å². The standard InChI is InChI=1S/C22H16Cl2N4O2/c1-30-20-16(23)9-13(10-17(20)24)12-25-28-22(29)15-7-8-18-19(11-15)27-21(26-18)14-5-3-2-4-6-14/h2-12H,1H3,(H,26,27)(H,28,29)/b25-12+. The zero-order chi connectivity index (χ0) is 21.1. The van der Waals surface area contributed by atoms with E-state index >= 15 is 0 Å². The lowest BCUT2D eigenvalue weighted by molar-refractivity contribution is 0.0955. The van der Waals surface area contributed by atoms with Crippen molar-refractivity contribution in [2.45, 2.75) is 0 Å². The highest BCUT2D eigenvalue weighted by Gasteiger charge is 2.10. The van der Waals surface area contributed by atoms with E-state index in [1.54, 1.807) is 30.3 Å². The summed E-state index contributed by atoms with van der Waals surface area (Å²) in [5, 5.41) is 4.70. The van der Waals surface area contributed by atoms with E-state index in [2.05, 4.69) is 20.5 Å². The molecule has 0 aliphatic heterocycles. The Bertz CT molecular complexity index is 1230. The van der Waals surface area contributed by atoms with Crippen molar-refractivity contribution in [3.63, 3.8) is 0 Å². The number of amides is 1. The van der Waals surface area contributed by atoms with Crippen LogP contribution in [0.2, 0.25) is 10.0 Å². The van der Waals surface area contributed by atoms with Crippen molar-refractivity contribution in [1.82, 2.24) is 15.4 Å². The minimum absolute atomic E-state index is 0.352. The highest BCUT2D eigenvalue weighted by Crippen LogP contribution is 2.33. The molecular formula is C22H16Cl2N4O2. The summed E-state index contributed by atoms with van der Waals surface area (Å²) in [5.74, 6) is 0.784. The molecule has 0 saturated heterocycles. The number of hydrogen-bond donors (Lipinski definition) is 2. The molecule has 0 aliphatic carbocycles. The number of ether oxygens (including phenoxy) is 1. The first-order valence-corrected chi connectivity index (χ1v) is 9.72. The van der Waals surface area contributed by atoms with Crippen LogP contribution in [-0.2, 0) is 0 Å². The Labute approximate surface area is 182 Å². The summed E-state index contributed by atoms with van der Waals surface area (Å²) in [7, 11) is 1.49. The third kappa shape index (κ3) is 4.15. The molecule has 4 aromatic rings. The number of hydrazone groups is 1. The highest BCUT2D eigenvalue weighted by molar-refractivity contribution is 6.37. The zero-order valence-electron chi connectivity index (χ0n) is 15.8. The van der Waals surface area contributed by atoms with E-state index < -0.39 is 0 Å². The Morgan fingerprint density at radius 3 is 2.53 bits per heavy atom. The largest absolute Gasteiger partial charge is 0.494 e. The maximum atomic E-state index is 12.5. The van der Waals surface area contributed by atoms with Gasteiger partial charge in [0.25, 0.3) is 5.91 Å². The van der Waals surface area contributed by atoms with Gasteiger partial charge in [0.2, 0.25) is 0 Å². The zero-order valence-corrected chi connectivity index (χ0v) is 17.3. The van der Waals surface area contributed by atoms with E-state index in [0.717, 1.165) is 22.4 Å². The molecule has 0 aliphatic rings. The Hall–Kier alpha value is -3.35. The molecule has 1 aromatic heterocycles. The lowest BCUT2D eigenvalue weighted by atomic mass is 10.2. The van der Waals surface area contributed by atoms with Crippen molar-refractivity contribution < 1.29 is 9.53 Å². The molecular weight excluding hydrogens is 423 g/mol. The third-order valence-corrected chi connectivity index (χ3v) is 4.96. The number of benzene rings is 3. The molecule has 1 heterocycles. The highest BCUT2D eigenvalue weighted by atomic mass is 35.5. The number of methoxy groups -OCH3 is 1. The number of fused-ring (bicyclic) bond motifs is 1. The topological polar surface area (TPSA) is 79.4 Å². The van der Waals surface area contributed by atoms with Crippen molar-refractivity contribution in [2.75, 3.05) is 7.11 Å². The minimum atomic E-state index is -0.352. The van der Waals surface area contributed by atoms with Gasteiger partial charge in [-0.2, -0.15) is 5.10 Å². The molecule has 2 N–H and O–H groups in total. The molecule has 1 amide bonds. The number of aromatic amines is 1. The lowest BCUT2D eigenvalue weighted by Crippen LogP contribution is -2.17. The number of H-pyrrole nitrogens is 1. The summed E-state index contributed by atoms with van der Waals surface area (Å²) in [5.41, 5.74) is 6.09. The Morgan fingerprint density at radius 2 is 1.83 bits per heavy atom. The second-order valence-corrected chi connectivity index (χ2v) is 7.21. The Balaban J connectivity index is 1.50. The summed E-state index contributed by atoms with van der Waals surface area (Å²) < 4.78 is 5.11. The Morgan fingerprint density at radius 1 is 1.10 bits per heavy atom. The van der Waals surface area contributed by atoms with Gasteiger partial charge < -0.3 is 9.72 Å². The van der Waals surface area contributed by atoms with Gasteiger partial charge >= 0.3 is 0 Å². The molecule has 0 atom stereocenters. The van der Waals surface area contributed by atoms with Crippen LogP contribution in [-0.4, -0.2) is 29.2 Å². The van der Waals surface area contributed by atoms with Gasteiger partial charge in [-0.1, -0.05) is 53.5 Å². The second-order valence-electron chi connectivity index (χ2n) is 6.40. The van der Waals surface area contributed by atoms with Crippen molar-refractivity contribution in [2.24, 2.45) is 5.10 Å². The van der Waals surface area contributed by atoms with Crippen molar-refractivity contribution in [3.05, 3.63) is 81.8 Å². The third-order valence-electron chi connectivity index (χ3n) is 4.40.